The molecule has 1 aromatic rings. The van der Waals surface area contributed by atoms with Gasteiger partial charge in [-0.2, -0.15) is 0 Å². The van der Waals surface area contributed by atoms with Gasteiger partial charge >= 0.3 is 0 Å². The van der Waals surface area contributed by atoms with Gasteiger partial charge in [-0.05, 0) is 37.0 Å². The van der Waals surface area contributed by atoms with Gasteiger partial charge in [-0.1, -0.05) is 24.6 Å². The minimum atomic E-state index is -0.487. The Balaban J connectivity index is 0.00000625. The van der Waals surface area contributed by atoms with Gasteiger partial charge in [0.1, 0.15) is 5.75 Å². The van der Waals surface area contributed by atoms with Crippen LogP contribution >= 0.6 is 24.0 Å². The van der Waals surface area contributed by atoms with Gasteiger partial charge in [0.15, 0.2) is 12.6 Å². The highest BCUT2D eigenvalue weighted by molar-refractivity contribution is 14.0. The fraction of sp³-hybridized carbons (Fsp3) is 0.474. The van der Waals surface area contributed by atoms with Gasteiger partial charge in [-0.15, -0.1) is 30.6 Å². The Hall–Kier alpha value is -1.77. The minimum Gasteiger partial charge on any atom is -0.484 e. The highest BCUT2D eigenvalue weighted by Crippen LogP contribution is 2.13. The molecular formula is C19H31IN4O2. The van der Waals surface area contributed by atoms with Crippen LogP contribution in [0.2, 0.25) is 0 Å². The van der Waals surface area contributed by atoms with Crippen LogP contribution < -0.4 is 15.8 Å². The number of nitrogens with two attached hydrogens (primary N) is 1. The summed E-state index contributed by atoms with van der Waals surface area (Å²) in [4.78, 5) is 17.2. The molecule has 0 saturated heterocycles. The van der Waals surface area contributed by atoms with Crippen LogP contribution in [-0.2, 0) is 11.3 Å². The molecular weight excluding hydrogens is 443 g/mol. The molecule has 6 nitrogen and oxygen atoms in total. The van der Waals surface area contributed by atoms with Crippen LogP contribution in [0.25, 0.3) is 0 Å². The fourth-order valence-electron chi connectivity index (χ4n) is 2.39. The van der Waals surface area contributed by atoms with Crippen LogP contribution in [0.5, 0.6) is 5.75 Å². The predicted molar refractivity (Wildman–Crippen MR) is 118 cm³/mol. The molecule has 0 fully saturated rings. The van der Waals surface area contributed by atoms with Crippen LogP contribution in [0.1, 0.15) is 31.2 Å². The number of ether oxygens (including phenoxy) is 1. The number of benzene rings is 1. The van der Waals surface area contributed by atoms with E-state index in [0.29, 0.717) is 12.3 Å². The molecule has 146 valence electrons. The van der Waals surface area contributed by atoms with E-state index in [1.165, 1.54) is 12.8 Å². The normalized spacial score (nSPS) is 10.6. The number of halogens is 1. The second kappa shape index (κ2) is 14.4. The zero-order valence-electron chi connectivity index (χ0n) is 15.7. The maximum absolute atomic E-state index is 10.8. The third-order valence-electron chi connectivity index (χ3n) is 3.71. The molecule has 7 heteroatoms. The maximum atomic E-state index is 10.8. The van der Waals surface area contributed by atoms with E-state index >= 15 is 0 Å². The van der Waals surface area contributed by atoms with Crippen molar-refractivity contribution in [2.45, 2.75) is 32.2 Å². The van der Waals surface area contributed by atoms with Crippen molar-refractivity contribution < 1.29 is 9.53 Å². The van der Waals surface area contributed by atoms with E-state index < -0.39 is 5.91 Å². The summed E-state index contributed by atoms with van der Waals surface area (Å²) >= 11 is 0. The zero-order valence-corrected chi connectivity index (χ0v) is 18.1. The highest BCUT2D eigenvalue weighted by Gasteiger charge is 2.06. The second-order valence-corrected chi connectivity index (χ2v) is 5.86. The Morgan fingerprint density at radius 2 is 2.15 bits per heavy atom. The summed E-state index contributed by atoms with van der Waals surface area (Å²) in [6.45, 7) is 5.21. The van der Waals surface area contributed by atoms with Crippen molar-refractivity contribution in [3.8, 4) is 5.75 Å². The third kappa shape index (κ3) is 10.3. The smallest absolute Gasteiger partial charge is 0.255 e. The topological polar surface area (TPSA) is 79.9 Å². The van der Waals surface area contributed by atoms with Crippen LogP contribution in [0, 0.1) is 0 Å². The van der Waals surface area contributed by atoms with Crippen LogP contribution in [-0.4, -0.2) is 44.0 Å². The molecule has 0 aliphatic carbocycles. The molecule has 0 aliphatic heterocycles. The van der Waals surface area contributed by atoms with Crippen LogP contribution in [0.15, 0.2) is 41.9 Å². The number of aliphatic imine (C=N–C) groups is 1. The van der Waals surface area contributed by atoms with Gasteiger partial charge in [-0.25, -0.2) is 0 Å². The number of guanidine groups is 1. The average Bonchev–Trinajstić information content (AvgIpc) is 2.60. The van der Waals surface area contributed by atoms with Crippen molar-refractivity contribution >= 4 is 35.8 Å². The monoisotopic (exact) mass is 474 g/mol. The molecule has 0 bridgehead atoms. The molecule has 0 aliphatic rings. The molecule has 0 heterocycles. The first kappa shape index (κ1) is 24.2. The second-order valence-electron chi connectivity index (χ2n) is 5.86. The minimum absolute atomic E-state index is 0. The molecule has 0 atom stereocenters. The number of primary amides is 1. The van der Waals surface area contributed by atoms with E-state index in [0.717, 1.165) is 30.9 Å². The summed E-state index contributed by atoms with van der Waals surface area (Å²) in [6.07, 6.45) is 6.53. The molecule has 0 unspecified atom stereocenters. The van der Waals surface area contributed by atoms with Crippen molar-refractivity contribution in [2.75, 3.05) is 27.2 Å². The van der Waals surface area contributed by atoms with E-state index in [9.17, 15) is 4.79 Å². The summed E-state index contributed by atoms with van der Waals surface area (Å²) in [7, 11) is 3.82. The van der Waals surface area contributed by atoms with Crippen molar-refractivity contribution in [1.29, 1.82) is 0 Å². The van der Waals surface area contributed by atoms with Crippen molar-refractivity contribution in [2.24, 2.45) is 10.7 Å². The number of hydrogen-bond donors (Lipinski definition) is 2. The SMILES string of the molecule is C=CCCCCCN(C)C(=NC)NCc1cccc(OCC(N)=O)c1.I. The number of carbonyl (C=O) groups excluding carboxylic acids is 1. The van der Waals surface area contributed by atoms with E-state index in [2.05, 4.69) is 21.8 Å². The lowest BCUT2D eigenvalue weighted by Crippen LogP contribution is -2.39. The first-order chi connectivity index (χ1) is 12.1. The molecule has 0 aromatic heterocycles. The molecule has 3 N–H and O–H groups in total. The van der Waals surface area contributed by atoms with Crippen molar-refractivity contribution in [3.05, 3.63) is 42.5 Å². The Bertz CT molecular complexity index is 578. The summed E-state index contributed by atoms with van der Waals surface area (Å²) in [5.41, 5.74) is 6.14. The average molecular weight is 474 g/mol. The van der Waals surface area contributed by atoms with E-state index in [1.54, 1.807) is 13.1 Å². The summed E-state index contributed by atoms with van der Waals surface area (Å²) in [5.74, 6) is 0.995. The molecule has 1 amide bonds. The number of rotatable bonds is 11. The number of nitrogens with zero attached hydrogens (tertiary/aromatic N) is 2. The standard InChI is InChI=1S/C19H30N4O2.HI/c1-4-5-6-7-8-12-23(3)19(21-2)22-14-16-10-9-11-17(13-16)25-15-18(20)24;/h4,9-11,13H,1,5-8,12,14-15H2,2-3H3,(H2,20,24)(H,21,22);1H. The predicted octanol–water partition coefficient (Wildman–Crippen LogP) is 2.92. The number of hydrogen-bond acceptors (Lipinski definition) is 3. The van der Waals surface area contributed by atoms with Gasteiger partial charge in [0.2, 0.25) is 0 Å². The fourth-order valence-corrected chi connectivity index (χ4v) is 2.39. The summed E-state index contributed by atoms with van der Waals surface area (Å²) in [5, 5.41) is 3.34. The molecule has 0 saturated carbocycles. The third-order valence-corrected chi connectivity index (χ3v) is 3.71. The molecule has 0 radical (unpaired) electrons. The van der Waals surface area contributed by atoms with E-state index in [1.807, 2.05) is 31.3 Å². The molecule has 1 rings (SSSR count). The van der Waals surface area contributed by atoms with Gasteiger partial charge in [0.05, 0.1) is 0 Å². The highest BCUT2D eigenvalue weighted by atomic mass is 127. The van der Waals surface area contributed by atoms with Crippen molar-refractivity contribution in [1.82, 2.24) is 10.2 Å². The maximum Gasteiger partial charge on any atom is 0.255 e. The van der Waals surface area contributed by atoms with Gasteiger partial charge in [0.25, 0.3) is 5.91 Å². The Morgan fingerprint density at radius 3 is 2.81 bits per heavy atom. The number of unbranched alkanes of at least 4 members (excludes halogenated alkanes) is 3. The number of amides is 1. The lowest BCUT2D eigenvalue weighted by Gasteiger charge is -2.22. The van der Waals surface area contributed by atoms with Crippen LogP contribution in [0.4, 0.5) is 0 Å². The molecule has 26 heavy (non-hydrogen) atoms. The Labute approximate surface area is 173 Å². The largest absolute Gasteiger partial charge is 0.484 e. The first-order valence-corrected chi connectivity index (χ1v) is 8.59. The van der Waals surface area contributed by atoms with Crippen LogP contribution in [0.3, 0.4) is 0 Å². The zero-order chi connectivity index (χ0) is 18.5. The Morgan fingerprint density at radius 1 is 1.38 bits per heavy atom. The van der Waals surface area contributed by atoms with Gasteiger partial charge < -0.3 is 20.7 Å². The summed E-state index contributed by atoms with van der Waals surface area (Å²) in [6, 6.07) is 7.57. The van der Waals surface area contributed by atoms with Gasteiger partial charge in [0, 0.05) is 27.2 Å². The number of allylic oxidation sites excluding steroid dienone is 1. The van der Waals surface area contributed by atoms with Gasteiger partial charge in [-0.3, -0.25) is 9.79 Å². The molecule has 1 aromatic carbocycles. The number of nitrogens with one attached hydrogen (secondary N) is 1. The lowest BCUT2D eigenvalue weighted by molar-refractivity contribution is -0.119. The lowest BCUT2D eigenvalue weighted by atomic mass is 10.2. The van der Waals surface area contributed by atoms with Crippen molar-refractivity contribution in [3.63, 3.8) is 0 Å². The molecule has 0 spiro atoms. The Kier molecular flexibility index (Phi) is 13.4. The number of carbonyl (C=O) groups is 1. The van der Waals surface area contributed by atoms with E-state index in [-0.39, 0.29) is 30.6 Å². The summed E-state index contributed by atoms with van der Waals surface area (Å²) < 4.78 is 5.32. The van der Waals surface area contributed by atoms with E-state index in [4.69, 9.17) is 10.5 Å². The quantitative estimate of drug-likeness (QED) is 0.170. The first-order valence-electron chi connectivity index (χ1n) is 8.59.